The molecule has 0 heterocycles. The van der Waals surface area contributed by atoms with Gasteiger partial charge in [0.2, 0.25) is 0 Å². The summed E-state index contributed by atoms with van der Waals surface area (Å²) in [5.74, 6) is 0.0983. The predicted octanol–water partition coefficient (Wildman–Crippen LogP) is 2.19. The third-order valence-electron chi connectivity index (χ3n) is 2.30. The van der Waals surface area contributed by atoms with Crippen molar-refractivity contribution in [1.29, 1.82) is 0 Å². The Kier molecular flexibility index (Phi) is 8.95. The lowest BCUT2D eigenvalue weighted by molar-refractivity contribution is -0.124. The van der Waals surface area contributed by atoms with E-state index < -0.39 is 35.3 Å². The average Bonchev–Trinajstić information content (AvgIpc) is 2.36. The SMILES string of the molecule is CSCCC(NC(=O)OC(C)(C)C)C(=O)NNC(=O)OC(C)(C)C. The molecule has 0 spiro atoms. The van der Waals surface area contributed by atoms with Crippen molar-refractivity contribution in [3.63, 3.8) is 0 Å². The van der Waals surface area contributed by atoms with Crippen LogP contribution < -0.4 is 16.2 Å². The van der Waals surface area contributed by atoms with Crippen LogP contribution in [-0.4, -0.2) is 47.3 Å². The Morgan fingerprint density at radius 1 is 0.917 bits per heavy atom. The van der Waals surface area contributed by atoms with Crippen LogP contribution in [0.25, 0.3) is 0 Å². The third-order valence-corrected chi connectivity index (χ3v) is 2.95. The number of hydrogen-bond donors (Lipinski definition) is 3. The summed E-state index contributed by atoms with van der Waals surface area (Å²) < 4.78 is 10.2. The zero-order valence-corrected chi connectivity index (χ0v) is 16.3. The molecule has 0 aromatic carbocycles. The second kappa shape index (κ2) is 9.61. The van der Waals surface area contributed by atoms with E-state index in [1.807, 2.05) is 6.26 Å². The lowest BCUT2D eigenvalue weighted by atomic mass is 10.2. The molecule has 9 heteroatoms. The van der Waals surface area contributed by atoms with E-state index in [2.05, 4.69) is 16.2 Å². The molecular formula is C15H29N3O5S. The van der Waals surface area contributed by atoms with Gasteiger partial charge in [-0.1, -0.05) is 0 Å². The molecule has 24 heavy (non-hydrogen) atoms. The smallest absolute Gasteiger partial charge is 0.426 e. The third kappa shape index (κ3) is 11.9. The number of carbonyl (C=O) groups is 3. The van der Waals surface area contributed by atoms with Gasteiger partial charge < -0.3 is 14.8 Å². The van der Waals surface area contributed by atoms with Gasteiger partial charge in [-0.2, -0.15) is 11.8 Å². The van der Waals surface area contributed by atoms with Gasteiger partial charge in [0.1, 0.15) is 17.2 Å². The van der Waals surface area contributed by atoms with Gasteiger partial charge in [0.05, 0.1) is 0 Å². The Morgan fingerprint density at radius 3 is 1.88 bits per heavy atom. The minimum absolute atomic E-state index is 0.391. The van der Waals surface area contributed by atoms with E-state index in [0.29, 0.717) is 12.2 Å². The quantitative estimate of drug-likeness (QED) is 0.647. The molecule has 0 bridgehead atoms. The molecule has 0 rings (SSSR count). The van der Waals surface area contributed by atoms with E-state index in [4.69, 9.17) is 9.47 Å². The van der Waals surface area contributed by atoms with E-state index in [9.17, 15) is 14.4 Å². The highest BCUT2D eigenvalue weighted by Crippen LogP contribution is 2.08. The Bertz CT molecular complexity index is 443. The van der Waals surface area contributed by atoms with Crippen molar-refractivity contribution in [3.8, 4) is 0 Å². The maximum Gasteiger partial charge on any atom is 0.426 e. The second-order valence-corrected chi connectivity index (χ2v) is 8.08. The maximum atomic E-state index is 12.2. The molecule has 0 aromatic rings. The van der Waals surface area contributed by atoms with Gasteiger partial charge in [0.25, 0.3) is 5.91 Å². The minimum atomic E-state index is -0.831. The van der Waals surface area contributed by atoms with Crippen LogP contribution >= 0.6 is 11.8 Å². The van der Waals surface area contributed by atoms with Gasteiger partial charge >= 0.3 is 12.2 Å². The Hall–Kier alpha value is -1.64. The minimum Gasteiger partial charge on any atom is -0.444 e. The first-order chi connectivity index (χ1) is 10.8. The van der Waals surface area contributed by atoms with Crippen LogP contribution in [0.15, 0.2) is 0 Å². The van der Waals surface area contributed by atoms with Crippen molar-refractivity contribution in [2.24, 2.45) is 0 Å². The van der Waals surface area contributed by atoms with Gasteiger partial charge in [-0.25, -0.2) is 15.0 Å². The van der Waals surface area contributed by atoms with Crippen LogP contribution in [0.3, 0.4) is 0 Å². The standard InChI is InChI=1S/C15H29N3O5S/c1-14(2,3)22-12(20)16-10(8-9-24-7)11(19)17-18-13(21)23-15(4,5)6/h10H,8-9H2,1-7H3,(H,16,20)(H,17,19)(H,18,21). The number of thioether (sulfide) groups is 1. The topological polar surface area (TPSA) is 106 Å². The lowest BCUT2D eigenvalue weighted by Crippen LogP contribution is -2.53. The van der Waals surface area contributed by atoms with Crippen molar-refractivity contribution in [2.75, 3.05) is 12.0 Å². The summed E-state index contributed by atoms with van der Waals surface area (Å²) in [4.78, 5) is 35.5. The van der Waals surface area contributed by atoms with Crippen LogP contribution in [-0.2, 0) is 14.3 Å². The molecule has 8 nitrogen and oxygen atoms in total. The summed E-state index contributed by atoms with van der Waals surface area (Å²) in [6.45, 7) is 10.3. The van der Waals surface area contributed by atoms with Crippen LogP contribution in [0.2, 0.25) is 0 Å². The van der Waals surface area contributed by atoms with E-state index >= 15 is 0 Å². The number of ether oxygens (including phenoxy) is 2. The van der Waals surface area contributed by atoms with Crippen LogP contribution in [0.4, 0.5) is 9.59 Å². The number of hydrogen-bond acceptors (Lipinski definition) is 6. The molecule has 3 N–H and O–H groups in total. The van der Waals surface area contributed by atoms with E-state index in [1.165, 1.54) is 11.8 Å². The zero-order chi connectivity index (χ0) is 19.0. The molecule has 0 radical (unpaired) electrons. The first-order valence-corrected chi connectivity index (χ1v) is 9.01. The number of amides is 3. The molecule has 0 saturated carbocycles. The summed E-state index contributed by atoms with van der Waals surface area (Å²) in [5, 5.41) is 2.50. The second-order valence-electron chi connectivity index (χ2n) is 7.10. The van der Waals surface area contributed by atoms with Gasteiger partial charge in [-0.05, 0) is 60.0 Å². The molecule has 140 valence electrons. The normalized spacial score (nSPS) is 12.8. The summed E-state index contributed by atoms with van der Waals surface area (Å²) in [6.07, 6.45) is 0.807. The van der Waals surface area contributed by atoms with Crippen molar-refractivity contribution < 1.29 is 23.9 Å². The largest absolute Gasteiger partial charge is 0.444 e. The van der Waals surface area contributed by atoms with Crippen LogP contribution in [0.1, 0.15) is 48.0 Å². The Morgan fingerprint density at radius 2 is 1.42 bits per heavy atom. The summed E-state index contributed by atoms with van der Waals surface area (Å²) >= 11 is 1.54. The van der Waals surface area contributed by atoms with E-state index in [0.717, 1.165) is 0 Å². The molecule has 1 unspecified atom stereocenters. The average molecular weight is 363 g/mol. The fourth-order valence-electron chi connectivity index (χ4n) is 1.46. The van der Waals surface area contributed by atoms with Crippen molar-refractivity contribution in [2.45, 2.75) is 65.2 Å². The molecule has 1 atom stereocenters. The monoisotopic (exact) mass is 363 g/mol. The van der Waals surface area contributed by atoms with Crippen LogP contribution in [0, 0.1) is 0 Å². The van der Waals surface area contributed by atoms with E-state index in [-0.39, 0.29) is 0 Å². The summed E-state index contributed by atoms with van der Waals surface area (Å²) in [5.41, 5.74) is 3.05. The molecular weight excluding hydrogens is 334 g/mol. The molecule has 0 aromatic heterocycles. The van der Waals surface area contributed by atoms with Gasteiger partial charge in [-0.3, -0.25) is 10.2 Å². The van der Waals surface area contributed by atoms with Gasteiger partial charge in [0, 0.05) is 0 Å². The lowest BCUT2D eigenvalue weighted by Gasteiger charge is -2.24. The highest BCUT2D eigenvalue weighted by molar-refractivity contribution is 7.98. The number of nitrogens with one attached hydrogen (secondary N) is 3. The Balaban J connectivity index is 4.60. The molecule has 0 saturated heterocycles. The molecule has 3 amide bonds. The predicted molar refractivity (Wildman–Crippen MR) is 93.7 cm³/mol. The Labute approximate surface area is 147 Å². The first-order valence-electron chi connectivity index (χ1n) is 7.61. The molecule has 0 aliphatic carbocycles. The van der Waals surface area contributed by atoms with Crippen LogP contribution in [0.5, 0.6) is 0 Å². The highest BCUT2D eigenvalue weighted by Gasteiger charge is 2.25. The first kappa shape index (κ1) is 22.4. The zero-order valence-electron chi connectivity index (χ0n) is 15.4. The van der Waals surface area contributed by atoms with E-state index in [1.54, 1.807) is 41.5 Å². The number of carbonyl (C=O) groups excluding carboxylic acids is 3. The molecule has 0 fully saturated rings. The van der Waals surface area contributed by atoms with Crippen molar-refractivity contribution in [3.05, 3.63) is 0 Å². The molecule has 0 aliphatic heterocycles. The fraction of sp³-hybridized carbons (Fsp3) is 0.800. The molecule has 0 aliphatic rings. The maximum absolute atomic E-state index is 12.2. The number of rotatable bonds is 5. The number of hydrazine groups is 1. The van der Waals surface area contributed by atoms with Crippen molar-refractivity contribution in [1.82, 2.24) is 16.2 Å². The van der Waals surface area contributed by atoms with Gasteiger partial charge in [0.15, 0.2) is 0 Å². The summed E-state index contributed by atoms with van der Waals surface area (Å²) in [6, 6.07) is -0.831. The van der Waals surface area contributed by atoms with Gasteiger partial charge in [-0.15, -0.1) is 0 Å². The number of alkyl carbamates (subject to hydrolysis) is 1. The highest BCUT2D eigenvalue weighted by atomic mass is 32.2. The fourth-order valence-corrected chi connectivity index (χ4v) is 1.93. The van der Waals surface area contributed by atoms with Crippen molar-refractivity contribution >= 4 is 29.9 Å². The summed E-state index contributed by atoms with van der Waals surface area (Å²) in [7, 11) is 0.